The van der Waals surface area contributed by atoms with E-state index < -0.39 is 0 Å². The molecular formula is C13H17ClFNS. The lowest BCUT2D eigenvalue weighted by Gasteiger charge is -2.40. The van der Waals surface area contributed by atoms with E-state index in [1.54, 1.807) is 12.1 Å². The van der Waals surface area contributed by atoms with Crippen molar-refractivity contribution in [2.75, 3.05) is 12.8 Å². The Morgan fingerprint density at radius 1 is 1.47 bits per heavy atom. The lowest BCUT2D eigenvalue weighted by atomic mass is 9.84. The minimum absolute atomic E-state index is 0.186. The van der Waals surface area contributed by atoms with E-state index >= 15 is 0 Å². The molecular weight excluding hydrogens is 257 g/mol. The van der Waals surface area contributed by atoms with Gasteiger partial charge in [-0.25, -0.2) is 4.39 Å². The maximum atomic E-state index is 13.5. The Balaban J connectivity index is 1.87. The number of hydrogen-bond donors (Lipinski definition) is 1. The van der Waals surface area contributed by atoms with E-state index in [9.17, 15) is 4.39 Å². The molecule has 1 N–H and O–H groups in total. The predicted molar refractivity (Wildman–Crippen MR) is 73.2 cm³/mol. The smallest absolute Gasteiger partial charge is 0.127 e. The van der Waals surface area contributed by atoms with Gasteiger partial charge in [0.15, 0.2) is 0 Å². The summed E-state index contributed by atoms with van der Waals surface area (Å²) in [7, 11) is 0. The molecule has 0 spiro atoms. The van der Waals surface area contributed by atoms with Crippen molar-refractivity contribution in [2.24, 2.45) is 0 Å². The number of benzene rings is 1. The molecule has 0 unspecified atom stereocenters. The largest absolute Gasteiger partial charge is 0.311 e. The maximum absolute atomic E-state index is 13.5. The van der Waals surface area contributed by atoms with E-state index in [1.165, 1.54) is 25.3 Å². The van der Waals surface area contributed by atoms with Gasteiger partial charge in [-0.15, -0.1) is 0 Å². The highest BCUT2D eigenvalue weighted by molar-refractivity contribution is 8.00. The minimum Gasteiger partial charge on any atom is -0.311 e. The van der Waals surface area contributed by atoms with E-state index in [0.29, 0.717) is 21.9 Å². The third-order valence-corrected chi connectivity index (χ3v) is 5.12. The molecule has 94 valence electrons. The molecule has 1 saturated carbocycles. The zero-order valence-corrected chi connectivity index (χ0v) is 11.5. The summed E-state index contributed by atoms with van der Waals surface area (Å²) in [4.78, 5) is 0. The third-order valence-electron chi connectivity index (χ3n) is 3.47. The van der Waals surface area contributed by atoms with Crippen LogP contribution in [0.5, 0.6) is 0 Å². The Labute approximate surface area is 111 Å². The van der Waals surface area contributed by atoms with Crippen molar-refractivity contribution in [1.82, 2.24) is 5.32 Å². The van der Waals surface area contributed by atoms with Crippen LogP contribution in [0.1, 0.15) is 24.8 Å². The van der Waals surface area contributed by atoms with Crippen LogP contribution in [-0.4, -0.2) is 17.5 Å². The zero-order valence-electron chi connectivity index (χ0n) is 9.93. The summed E-state index contributed by atoms with van der Waals surface area (Å²) in [6.07, 6.45) is 5.99. The molecule has 0 radical (unpaired) electrons. The average molecular weight is 274 g/mol. The summed E-state index contributed by atoms with van der Waals surface area (Å²) < 4.78 is 13.8. The first-order chi connectivity index (χ1) is 8.15. The molecule has 0 amide bonds. The molecule has 1 aromatic carbocycles. The quantitative estimate of drug-likeness (QED) is 0.874. The van der Waals surface area contributed by atoms with Crippen molar-refractivity contribution in [2.45, 2.75) is 30.6 Å². The maximum Gasteiger partial charge on any atom is 0.127 e. The van der Waals surface area contributed by atoms with Crippen molar-refractivity contribution < 1.29 is 4.39 Å². The molecule has 1 aliphatic rings. The zero-order chi connectivity index (χ0) is 12.3. The second-order valence-electron chi connectivity index (χ2n) is 4.58. The van der Waals surface area contributed by atoms with Crippen LogP contribution in [0.15, 0.2) is 18.2 Å². The van der Waals surface area contributed by atoms with Gasteiger partial charge in [-0.2, -0.15) is 11.8 Å². The number of hydrogen-bond acceptors (Lipinski definition) is 2. The van der Waals surface area contributed by atoms with E-state index in [-0.39, 0.29) is 5.82 Å². The van der Waals surface area contributed by atoms with Crippen LogP contribution in [0.3, 0.4) is 0 Å². The highest BCUT2D eigenvalue weighted by Gasteiger charge is 2.35. The van der Waals surface area contributed by atoms with Crippen LogP contribution < -0.4 is 5.32 Å². The molecule has 0 aromatic heterocycles. The van der Waals surface area contributed by atoms with Crippen LogP contribution in [0.25, 0.3) is 0 Å². The van der Waals surface area contributed by atoms with Crippen LogP contribution >= 0.6 is 23.4 Å². The van der Waals surface area contributed by atoms with E-state index in [0.717, 1.165) is 6.54 Å². The van der Waals surface area contributed by atoms with Crippen LogP contribution in [0.2, 0.25) is 5.02 Å². The molecule has 2 rings (SSSR count). The summed E-state index contributed by atoms with van der Waals surface area (Å²) >= 11 is 7.77. The van der Waals surface area contributed by atoms with Crippen LogP contribution in [0.4, 0.5) is 4.39 Å². The number of rotatable bonds is 5. The fourth-order valence-electron chi connectivity index (χ4n) is 2.13. The molecule has 0 atom stereocenters. The lowest BCUT2D eigenvalue weighted by Crippen LogP contribution is -2.43. The molecule has 0 aliphatic heterocycles. The van der Waals surface area contributed by atoms with Gasteiger partial charge in [-0.05, 0) is 37.3 Å². The van der Waals surface area contributed by atoms with Gasteiger partial charge in [0.05, 0.1) is 0 Å². The standard InChI is InChI=1S/C13H17ClFNS/c1-17-13(5-2-6-13)9-16-8-10-7-11(14)3-4-12(10)15/h3-4,7,16H,2,5-6,8-9H2,1H3. The van der Waals surface area contributed by atoms with Gasteiger partial charge in [0.1, 0.15) is 5.82 Å². The van der Waals surface area contributed by atoms with Crippen LogP contribution in [-0.2, 0) is 6.54 Å². The first-order valence-corrected chi connectivity index (χ1v) is 7.45. The Morgan fingerprint density at radius 2 is 2.24 bits per heavy atom. The van der Waals surface area contributed by atoms with Gasteiger partial charge in [0.2, 0.25) is 0 Å². The summed E-state index contributed by atoms with van der Waals surface area (Å²) in [6, 6.07) is 4.69. The minimum atomic E-state index is -0.186. The summed E-state index contributed by atoms with van der Waals surface area (Å²) in [5.74, 6) is -0.186. The first kappa shape index (κ1) is 13.2. The Hall–Kier alpha value is -0.250. The highest BCUT2D eigenvalue weighted by atomic mass is 35.5. The van der Waals surface area contributed by atoms with Gasteiger partial charge in [-0.1, -0.05) is 18.0 Å². The molecule has 1 fully saturated rings. The Kier molecular flexibility index (Phi) is 4.34. The predicted octanol–water partition coefficient (Wildman–Crippen LogP) is 3.85. The van der Waals surface area contributed by atoms with Crippen molar-refractivity contribution in [3.8, 4) is 0 Å². The van der Waals surface area contributed by atoms with Crippen molar-refractivity contribution in [3.63, 3.8) is 0 Å². The van der Waals surface area contributed by atoms with E-state index in [4.69, 9.17) is 11.6 Å². The fraction of sp³-hybridized carbons (Fsp3) is 0.538. The molecule has 1 nitrogen and oxygen atoms in total. The number of halogens is 2. The normalized spacial score (nSPS) is 17.8. The monoisotopic (exact) mass is 273 g/mol. The summed E-state index contributed by atoms with van der Waals surface area (Å²) in [5.41, 5.74) is 0.646. The van der Waals surface area contributed by atoms with Gasteiger partial charge in [0.25, 0.3) is 0 Å². The fourth-order valence-corrected chi connectivity index (χ4v) is 3.27. The van der Waals surface area contributed by atoms with Gasteiger partial charge < -0.3 is 5.32 Å². The number of nitrogens with one attached hydrogen (secondary N) is 1. The SMILES string of the molecule is CSC1(CNCc2cc(Cl)ccc2F)CCC1. The molecule has 1 aromatic rings. The molecule has 1 aliphatic carbocycles. The van der Waals surface area contributed by atoms with Gasteiger partial charge >= 0.3 is 0 Å². The molecule has 0 saturated heterocycles. The number of thioether (sulfide) groups is 1. The summed E-state index contributed by atoms with van der Waals surface area (Å²) in [6.45, 7) is 1.49. The Morgan fingerprint density at radius 3 is 2.82 bits per heavy atom. The van der Waals surface area contributed by atoms with Crippen molar-refractivity contribution in [1.29, 1.82) is 0 Å². The second kappa shape index (κ2) is 5.59. The van der Waals surface area contributed by atoms with Gasteiger partial charge in [0, 0.05) is 28.4 Å². The lowest BCUT2D eigenvalue weighted by molar-refractivity contribution is 0.344. The Bertz CT molecular complexity index is 387. The van der Waals surface area contributed by atoms with Crippen LogP contribution in [0, 0.1) is 5.82 Å². The van der Waals surface area contributed by atoms with E-state index in [2.05, 4.69) is 11.6 Å². The molecule has 0 bridgehead atoms. The average Bonchev–Trinajstić information content (AvgIpc) is 2.27. The molecule has 0 heterocycles. The second-order valence-corrected chi connectivity index (χ2v) is 6.29. The highest BCUT2D eigenvalue weighted by Crippen LogP contribution is 2.42. The van der Waals surface area contributed by atoms with Crippen molar-refractivity contribution in [3.05, 3.63) is 34.6 Å². The molecule has 17 heavy (non-hydrogen) atoms. The van der Waals surface area contributed by atoms with E-state index in [1.807, 2.05) is 11.8 Å². The van der Waals surface area contributed by atoms with Gasteiger partial charge in [-0.3, -0.25) is 0 Å². The topological polar surface area (TPSA) is 12.0 Å². The van der Waals surface area contributed by atoms with Crippen molar-refractivity contribution >= 4 is 23.4 Å². The first-order valence-electron chi connectivity index (χ1n) is 5.85. The third kappa shape index (κ3) is 3.15. The molecule has 4 heteroatoms. The summed E-state index contributed by atoms with van der Waals surface area (Å²) in [5, 5.41) is 3.93.